The molecule has 0 amide bonds. The quantitative estimate of drug-likeness (QED) is 0.381. The van der Waals surface area contributed by atoms with Crippen LogP contribution >= 0.6 is 27.7 Å². The highest BCUT2D eigenvalue weighted by molar-refractivity contribution is 9.10. The lowest BCUT2D eigenvalue weighted by molar-refractivity contribution is 0.337. The second-order valence-electron chi connectivity index (χ2n) is 5.58. The fourth-order valence-corrected chi connectivity index (χ4v) is 3.63. The molecule has 0 N–H and O–H groups in total. The molecule has 142 valence electrons. The standard InChI is InChI=1S/C18H15BrN6O2S/c1-2-26-15-9-4-3-8-14(15)25-18(21-23-24-25)28-11-16-20-17(22-27-16)12-6-5-7-13(19)10-12/h3-10H,2,11H2,1H3. The first-order valence-electron chi connectivity index (χ1n) is 8.46. The molecule has 0 saturated heterocycles. The van der Waals surface area contributed by atoms with E-state index in [0.29, 0.717) is 35.0 Å². The van der Waals surface area contributed by atoms with Gasteiger partial charge in [-0.15, -0.1) is 5.10 Å². The number of hydrogen-bond acceptors (Lipinski definition) is 8. The van der Waals surface area contributed by atoms with E-state index >= 15 is 0 Å². The first kappa shape index (κ1) is 18.6. The van der Waals surface area contributed by atoms with E-state index in [2.05, 4.69) is 41.6 Å². The Kier molecular flexibility index (Phi) is 5.68. The molecule has 2 heterocycles. The average Bonchev–Trinajstić information content (AvgIpc) is 3.37. The van der Waals surface area contributed by atoms with Crippen LogP contribution in [0.2, 0.25) is 0 Å². The molecule has 4 rings (SSSR count). The van der Waals surface area contributed by atoms with Crippen LogP contribution in [0.1, 0.15) is 12.8 Å². The molecule has 2 aromatic carbocycles. The molecule has 0 aliphatic heterocycles. The second-order valence-corrected chi connectivity index (χ2v) is 7.44. The number of ether oxygens (including phenoxy) is 1. The summed E-state index contributed by atoms with van der Waals surface area (Å²) >= 11 is 4.85. The number of para-hydroxylation sites is 2. The van der Waals surface area contributed by atoms with Gasteiger partial charge in [0.15, 0.2) is 0 Å². The molecule has 2 aromatic heterocycles. The van der Waals surface area contributed by atoms with Gasteiger partial charge in [-0.2, -0.15) is 9.67 Å². The van der Waals surface area contributed by atoms with Crippen molar-refractivity contribution in [2.45, 2.75) is 17.8 Å². The summed E-state index contributed by atoms with van der Waals surface area (Å²) in [6.45, 7) is 2.49. The van der Waals surface area contributed by atoms with Crippen molar-refractivity contribution in [3.63, 3.8) is 0 Å². The van der Waals surface area contributed by atoms with E-state index in [-0.39, 0.29) is 0 Å². The summed E-state index contributed by atoms with van der Waals surface area (Å²) in [5, 5.41) is 16.6. The van der Waals surface area contributed by atoms with Crippen molar-refractivity contribution in [3.05, 3.63) is 58.9 Å². The van der Waals surface area contributed by atoms with Gasteiger partial charge in [0.05, 0.1) is 12.4 Å². The van der Waals surface area contributed by atoms with Gasteiger partial charge in [0.1, 0.15) is 11.4 Å². The Morgan fingerprint density at radius 1 is 1.18 bits per heavy atom. The SMILES string of the molecule is CCOc1ccccc1-n1nnnc1SCc1nc(-c2cccc(Br)c2)no1. The number of aromatic nitrogens is 6. The van der Waals surface area contributed by atoms with Crippen LogP contribution in [-0.2, 0) is 5.75 Å². The predicted molar refractivity (Wildman–Crippen MR) is 107 cm³/mol. The van der Waals surface area contributed by atoms with Gasteiger partial charge in [0, 0.05) is 10.0 Å². The maximum atomic E-state index is 5.67. The number of thioether (sulfide) groups is 1. The topological polar surface area (TPSA) is 91.8 Å². The third kappa shape index (κ3) is 4.07. The monoisotopic (exact) mass is 458 g/mol. The van der Waals surface area contributed by atoms with E-state index in [1.807, 2.05) is 55.5 Å². The Hall–Kier alpha value is -2.72. The summed E-state index contributed by atoms with van der Waals surface area (Å²) in [6.07, 6.45) is 0. The summed E-state index contributed by atoms with van der Waals surface area (Å²) < 4.78 is 13.6. The fraction of sp³-hybridized carbons (Fsp3) is 0.167. The Labute approximate surface area is 173 Å². The van der Waals surface area contributed by atoms with Gasteiger partial charge in [-0.3, -0.25) is 0 Å². The lowest BCUT2D eigenvalue weighted by atomic mass is 10.2. The van der Waals surface area contributed by atoms with Crippen LogP contribution in [0.3, 0.4) is 0 Å². The van der Waals surface area contributed by atoms with Gasteiger partial charge in [0.2, 0.25) is 16.9 Å². The summed E-state index contributed by atoms with van der Waals surface area (Å²) in [6, 6.07) is 15.4. The van der Waals surface area contributed by atoms with Crippen LogP contribution < -0.4 is 4.74 Å². The number of benzene rings is 2. The minimum absolute atomic E-state index is 0.443. The normalized spacial score (nSPS) is 10.9. The maximum Gasteiger partial charge on any atom is 0.237 e. The minimum Gasteiger partial charge on any atom is -0.492 e. The molecular weight excluding hydrogens is 444 g/mol. The first-order valence-corrected chi connectivity index (χ1v) is 10.2. The number of rotatable bonds is 7. The third-order valence-corrected chi connectivity index (χ3v) is 5.11. The van der Waals surface area contributed by atoms with Crippen molar-refractivity contribution >= 4 is 27.7 Å². The average molecular weight is 459 g/mol. The van der Waals surface area contributed by atoms with E-state index < -0.39 is 0 Å². The molecule has 10 heteroatoms. The first-order chi connectivity index (χ1) is 13.7. The molecule has 8 nitrogen and oxygen atoms in total. The zero-order chi connectivity index (χ0) is 19.3. The largest absolute Gasteiger partial charge is 0.492 e. The molecule has 0 fully saturated rings. The predicted octanol–water partition coefficient (Wildman–Crippen LogP) is 4.17. The summed E-state index contributed by atoms with van der Waals surface area (Å²) in [7, 11) is 0. The van der Waals surface area contributed by atoms with E-state index in [9.17, 15) is 0 Å². The Morgan fingerprint density at radius 3 is 2.93 bits per heavy atom. The minimum atomic E-state index is 0.443. The molecule has 0 atom stereocenters. The van der Waals surface area contributed by atoms with E-state index in [1.165, 1.54) is 11.8 Å². The zero-order valence-electron chi connectivity index (χ0n) is 14.8. The van der Waals surface area contributed by atoms with Crippen LogP contribution in [0.4, 0.5) is 0 Å². The van der Waals surface area contributed by atoms with E-state index in [4.69, 9.17) is 9.26 Å². The van der Waals surface area contributed by atoms with Crippen molar-refractivity contribution in [2.75, 3.05) is 6.61 Å². The number of halogens is 1. The van der Waals surface area contributed by atoms with E-state index in [1.54, 1.807) is 4.68 Å². The highest BCUT2D eigenvalue weighted by Crippen LogP contribution is 2.28. The number of hydrogen-bond donors (Lipinski definition) is 0. The smallest absolute Gasteiger partial charge is 0.237 e. The molecule has 0 bridgehead atoms. The molecule has 0 aliphatic rings. The van der Waals surface area contributed by atoms with Crippen LogP contribution in [0.5, 0.6) is 5.75 Å². The maximum absolute atomic E-state index is 5.67. The van der Waals surface area contributed by atoms with Gasteiger partial charge >= 0.3 is 0 Å². The van der Waals surface area contributed by atoms with Crippen molar-refractivity contribution < 1.29 is 9.26 Å². The lowest BCUT2D eigenvalue weighted by Gasteiger charge is -2.10. The molecule has 0 spiro atoms. The fourth-order valence-electron chi connectivity index (χ4n) is 2.51. The summed E-state index contributed by atoms with van der Waals surface area (Å²) in [5.41, 5.74) is 1.65. The lowest BCUT2D eigenvalue weighted by Crippen LogP contribution is -2.03. The Morgan fingerprint density at radius 2 is 2.07 bits per heavy atom. The molecule has 0 aliphatic carbocycles. The van der Waals surface area contributed by atoms with Crippen LogP contribution in [-0.4, -0.2) is 37.0 Å². The summed E-state index contributed by atoms with van der Waals surface area (Å²) in [5.74, 6) is 2.19. The van der Waals surface area contributed by atoms with Crippen LogP contribution in [0.25, 0.3) is 17.1 Å². The van der Waals surface area contributed by atoms with Gasteiger partial charge in [-0.1, -0.05) is 57.1 Å². The molecule has 28 heavy (non-hydrogen) atoms. The molecule has 0 radical (unpaired) electrons. The highest BCUT2D eigenvalue weighted by atomic mass is 79.9. The van der Waals surface area contributed by atoms with Crippen molar-refractivity contribution in [3.8, 4) is 22.8 Å². The van der Waals surface area contributed by atoms with Gasteiger partial charge in [0.25, 0.3) is 0 Å². The second kappa shape index (κ2) is 8.53. The van der Waals surface area contributed by atoms with Gasteiger partial charge < -0.3 is 9.26 Å². The Balaban J connectivity index is 1.51. The van der Waals surface area contributed by atoms with Crippen molar-refractivity contribution in [1.82, 2.24) is 30.3 Å². The van der Waals surface area contributed by atoms with Crippen LogP contribution in [0, 0.1) is 0 Å². The van der Waals surface area contributed by atoms with Crippen LogP contribution in [0.15, 0.2) is 62.7 Å². The van der Waals surface area contributed by atoms with Crippen molar-refractivity contribution in [1.29, 1.82) is 0 Å². The molecular formula is C18H15BrN6O2S. The molecule has 4 aromatic rings. The number of nitrogens with zero attached hydrogens (tertiary/aromatic N) is 6. The van der Waals surface area contributed by atoms with Gasteiger partial charge in [-0.05, 0) is 41.6 Å². The van der Waals surface area contributed by atoms with Gasteiger partial charge in [-0.25, -0.2) is 0 Å². The molecule has 0 saturated carbocycles. The summed E-state index contributed by atoms with van der Waals surface area (Å²) in [4.78, 5) is 4.45. The van der Waals surface area contributed by atoms with Crippen molar-refractivity contribution in [2.24, 2.45) is 0 Å². The number of tetrazole rings is 1. The third-order valence-electron chi connectivity index (χ3n) is 3.71. The molecule has 0 unspecified atom stereocenters. The zero-order valence-corrected chi connectivity index (χ0v) is 17.2. The Bertz CT molecular complexity index is 1080. The highest BCUT2D eigenvalue weighted by Gasteiger charge is 2.15. The van der Waals surface area contributed by atoms with E-state index in [0.717, 1.165) is 15.7 Å².